The molecule has 0 bridgehead atoms. The second kappa shape index (κ2) is 8.12. The van der Waals surface area contributed by atoms with Gasteiger partial charge in [0.2, 0.25) is 0 Å². The number of H-pyrrole nitrogens is 1. The first kappa shape index (κ1) is 19.2. The SMILES string of the molecule is CCCCc1[nH]cc[n+]1N.Cc1cc(C)c(S(=O)(=O)[O-])c(C)c1. The molecule has 0 aliphatic carbocycles. The van der Waals surface area contributed by atoms with E-state index in [2.05, 4.69) is 11.9 Å². The Hall–Kier alpha value is -1.86. The van der Waals surface area contributed by atoms with Crippen molar-refractivity contribution in [2.75, 3.05) is 5.84 Å². The van der Waals surface area contributed by atoms with Crippen molar-refractivity contribution in [1.29, 1.82) is 0 Å². The first-order valence-electron chi connectivity index (χ1n) is 7.53. The highest BCUT2D eigenvalue weighted by molar-refractivity contribution is 7.85. The van der Waals surface area contributed by atoms with Crippen LogP contribution in [0.5, 0.6) is 0 Å². The molecule has 1 aromatic heterocycles. The second-order valence-corrected chi connectivity index (χ2v) is 6.92. The van der Waals surface area contributed by atoms with Crippen LogP contribution in [0.25, 0.3) is 0 Å². The molecule has 0 fully saturated rings. The summed E-state index contributed by atoms with van der Waals surface area (Å²) in [5.74, 6) is 6.67. The maximum Gasteiger partial charge on any atom is 0.277 e. The van der Waals surface area contributed by atoms with Crippen molar-refractivity contribution in [2.24, 2.45) is 0 Å². The Morgan fingerprint density at radius 3 is 2.17 bits per heavy atom. The molecule has 2 aromatic rings. The number of nitrogens with zero attached hydrogens (tertiary/aromatic N) is 1. The van der Waals surface area contributed by atoms with Crippen LogP contribution in [-0.4, -0.2) is 18.0 Å². The predicted molar refractivity (Wildman–Crippen MR) is 88.4 cm³/mol. The summed E-state index contributed by atoms with van der Waals surface area (Å²) in [6, 6.07) is 3.38. The Kier molecular flexibility index (Phi) is 6.78. The summed E-state index contributed by atoms with van der Waals surface area (Å²) in [5.41, 5.74) is 2.00. The normalized spacial score (nSPS) is 11.0. The fraction of sp³-hybridized carbons (Fsp3) is 0.438. The number of aromatic nitrogens is 2. The molecule has 0 amide bonds. The Labute approximate surface area is 138 Å². The maximum atomic E-state index is 10.8. The summed E-state index contributed by atoms with van der Waals surface area (Å²) in [5, 5.41) is 0. The lowest BCUT2D eigenvalue weighted by Gasteiger charge is -2.14. The van der Waals surface area contributed by atoms with E-state index in [0.717, 1.165) is 17.8 Å². The molecular weight excluding hydrogens is 314 g/mol. The standard InChI is InChI=1S/C9H12O3S.C7H13N3/c1-6-4-7(2)9(8(3)5-6)13(10,11)12;1-2-3-4-7-9-5-6-10(7)8/h4-5H,1-3H3,(H,10,11,12);5-6H,2-4,8H2,1H3. The van der Waals surface area contributed by atoms with Gasteiger partial charge in [-0.3, -0.25) is 5.84 Å². The predicted octanol–water partition coefficient (Wildman–Crippen LogP) is 1.87. The molecule has 0 aliphatic rings. The van der Waals surface area contributed by atoms with E-state index >= 15 is 0 Å². The van der Waals surface area contributed by atoms with E-state index in [9.17, 15) is 13.0 Å². The highest BCUT2D eigenvalue weighted by Crippen LogP contribution is 2.20. The summed E-state index contributed by atoms with van der Waals surface area (Å²) in [6.45, 7) is 7.29. The van der Waals surface area contributed by atoms with Crippen molar-refractivity contribution in [3.05, 3.63) is 47.0 Å². The summed E-state index contributed by atoms with van der Waals surface area (Å²) in [4.78, 5) is 2.99. The van der Waals surface area contributed by atoms with Gasteiger partial charge in [0.25, 0.3) is 5.82 Å². The molecule has 0 spiro atoms. The Morgan fingerprint density at radius 2 is 1.78 bits per heavy atom. The highest BCUT2D eigenvalue weighted by atomic mass is 32.2. The molecule has 0 saturated heterocycles. The van der Waals surface area contributed by atoms with Crippen molar-refractivity contribution in [3.8, 4) is 0 Å². The van der Waals surface area contributed by atoms with Gasteiger partial charge in [0.1, 0.15) is 16.3 Å². The number of benzene rings is 1. The van der Waals surface area contributed by atoms with Gasteiger partial charge in [0, 0.05) is 0 Å². The number of aryl methyl sites for hydroxylation is 4. The Balaban J connectivity index is 0.000000238. The van der Waals surface area contributed by atoms with Gasteiger partial charge in [-0.1, -0.05) is 31.0 Å². The van der Waals surface area contributed by atoms with E-state index < -0.39 is 10.1 Å². The number of aromatic amines is 1. The lowest BCUT2D eigenvalue weighted by atomic mass is 10.1. The zero-order valence-corrected chi connectivity index (χ0v) is 14.9. The number of nitrogen functional groups attached to an aromatic ring is 1. The summed E-state index contributed by atoms with van der Waals surface area (Å²) < 4.78 is 34.1. The molecule has 128 valence electrons. The number of imidazole rings is 1. The van der Waals surface area contributed by atoms with Crippen molar-refractivity contribution in [3.63, 3.8) is 0 Å². The van der Waals surface area contributed by atoms with Crippen molar-refractivity contribution in [2.45, 2.75) is 51.9 Å². The van der Waals surface area contributed by atoms with Gasteiger partial charge in [-0.05, 0) is 38.3 Å². The largest absolute Gasteiger partial charge is 0.744 e. The lowest BCUT2D eigenvalue weighted by molar-refractivity contribution is -0.645. The molecule has 1 heterocycles. The molecule has 6 nitrogen and oxygen atoms in total. The first-order valence-corrected chi connectivity index (χ1v) is 8.94. The number of unbranched alkanes of at least 4 members (excludes halogenated alkanes) is 1. The van der Waals surface area contributed by atoms with Crippen LogP contribution < -0.4 is 10.5 Å². The van der Waals surface area contributed by atoms with Crippen molar-refractivity contribution < 1.29 is 17.6 Å². The molecule has 3 N–H and O–H groups in total. The lowest BCUT2D eigenvalue weighted by Crippen LogP contribution is -2.46. The van der Waals surface area contributed by atoms with Crippen LogP contribution >= 0.6 is 0 Å². The quantitative estimate of drug-likeness (QED) is 0.504. The summed E-state index contributed by atoms with van der Waals surface area (Å²) in [7, 11) is -4.33. The summed E-state index contributed by atoms with van der Waals surface area (Å²) in [6.07, 6.45) is 7.12. The molecule has 0 atom stereocenters. The molecule has 23 heavy (non-hydrogen) atoms. The Morgan fingerprint density at radius 1 is 1.22 bits per heavy atom. The van der Waals surface area contributed by atoms with Crippen LogP contribution in [-0.2, 0) is 16.5 Å². The van der Waals surface area contributed by atoms with Gasteiger partial charge < -0.3 is 4.55 Å². The molecule has 0 unspecified atom stereocenters. The topological polar surface area (TPSA) is 103 Å². The van der Waals surface area contributed by atoms with Gasteiger partial charge in [0.15, 0.2) is 6.20 Å². The third kappa shape index (κ3) is 5.69. The van der Waals surface area contributed by atoms with E-state index in [1.807, 2.05) is 19.3 Å². The van der Waals surface area contributed by atoms with Crippen molar-refractivity contribution >= 4 is 10.1 Å². The van der Waals surface area contributed by atoms with E-state index in [1.54, 1.807) is 30.7 Å². The molecule has 2 rings (SSSR count). The second-order valence-electron chi connectivity index (χ2n) is 5.60. The average Bonchev–Trinajstić information content (AvgIpc) is 2.79. The van der Waals surface area contributed by atoms with Gasteiger partial charge in [-0.2, -0.15) is 0 Å². The molecule has 1 aromatic carbocycles. The van der Waals surface area contributed by atoms with E-state index in [4.69, 9.17) is 5.84 Å². The van der Waals surface area contributed by atoms with E-state index in [1.165, 1.54) is 12.8 Å². The number of rotatable bonds is 4. The fourth-order valence-electron chi connectivity index (χ4n) is 2.48. The molecular formula is C16H25N3O3S. The molecule has 0 aliphatic heterocycles. The average molecular weight is 339 g/mol. The van der Waals surface area contributed by atoms with Crippen LogP contribution in [0.3, 0.4) is 0 Å². The van der Waals surface area contributed by atoms with Gasteiger partial charge >= 0.3 is 0 Å². The van der Waals surface area contributed by atoms with Crippen LogP contribution in [0.4, 0.5) is 0 Å². The highest BCUT2D eigenvalue weighted by Gasteiger charge is 2.09. The zero-order valence-electron chi connectivity index (χ0n) is 14.1. The van der Waals surface area contributed by atoms with Gasteiger partial charge in [-0.15, -0.1) is 4.68 Å². The minimum absolute atomic E-state index is 0.0851. The molecule has 7 heteroatoms. The van der Waals surface area contributed by atoms with Crippen molar-refractivity contribution in [1.82, 2.24) is 4.98 Å². The van der Waals surface area contributed by atoms with E-state index in [0.29, 0.717) is 11.1 Å². The van der Waals surface area contributed by atoms with Crippen LogP contribution in [0.15, 0.2) is 29.4 Å². The zero-order chi connectivity index (χ0) is 17.6. The fourth-order valence-corrected chi connectivity index (χ4v) is 3.39. The Bertz CT molecular complexity index is 729. The van der Waals surface area contributed by atoms with Crippen LogP contribution in [0.2, 0.25) is 0 Å². The van der Waals surface area contributed by atoms with Gasteiger partial charge in [-0.25, -0.2) is 13.4 Å². The van der Waals surface area contributed by atoms with Crippen LogP contribution in [0, 0.1) is 20.8 Å². The number of nitrogens with two attached hydrogens (primary N) is 1. The summed E-state index contributed by atoms with van der Waals surface area (Å²) >= 11 is 0. The monoisotopic (exact) mass is 339 g/mol. The minimum Gasteiger partial charge on any atom is -0.744 e. The smallest absolute Gasteiger partial charge is 0.277 e. The van der Waals surface area contributed by atoms with E-state index in [-0.39, 0.29) is 4.90 Å². The third-order valence-corrected chi connectivity index (χ3v) is 4.56. The van der Waals surface area contributed by atoms with Gasteiger partial charge in [0.05, 0.1) is 11.3 Å². The maximum absolute atomic E-state index is 10.8. The number of hydrogen-bond acceptors (Lipinski definition) is 4. The minimum atomic E-state index is -4.33. The number of hydrogen-bond donors (Lipinski definition) is 2. The molecule has 0 radical (unpaired) electrons. The van der Waals surface area contributed by atoms with Crippen LogP contribution in [0.1, 0.15) is 42.3 Å². The first-order chi connectivity index (χ1) is 10.7. The number of nitrogens with one attached hydrogen (secondary N) is 1. The molecule has 0 saturated carbocycles. The third-order valence-electron chi connectivity index (χ3n) is 3.42.